The van der Waals surface area contributed by atoms with Gasteiger partial charge in [-0.25, -0.2) is 0 Å². The van der Waals surface area contributed by atoms with Crippen molar-refractivity contribution in [3.05, 3.63) is 0 Å². The maximum absolute atomic E-state index is 0. The van der Waals surface area contributed by atoms with Gasteiger partial charge in [-0.3, -0.25) is 0 Å². The summed E-state index contributed by atoms with van der Waals surface area (Å²) in [4.78, 5) is 0. The molecule has 0 rings (SSSR count). The molecule has 0 bridgehead atoms. The van der Waals surface area contributed by atoms with Crippen LogP contribution in [0.15, 0.2) is 0 Å². The molecule has 0 unspecified atom stereocenters. The third-order valence-corrected chi connectivity index (χ3v) is 0. The van der Waals surface area contributed by atoms with Crippen LogP contribution in [-0.2, 0) is 17.4 Å². The minimum absolute atomic E-state index is 0. The first-order valence-corrected chi connectivity index (χ1v) is 0. The summed E-state index contributed by atoms with van der Waals surface area (Å²) >= 11 is 0. The molecule has 0 N–H and O–H groups in total. The van der Waals surface area contributed by atoms with Gasteiger partial charge in [0.15, 0.2) is 0 Å². The van der Waals surface area contributed by atoms with Gasteiger partial charge in [0, 0.05) is 0 Å². The van der Waals surface area contributed by atoms with Crippen molar-refractivity contribution in [2.45, 2.75) is 0 Å². The Balaban J connectivity index is 0. The quantitative estimate of drug-likeness (QED) is 0.254. The van der Waals surface area contributed by atoms with Crippen molar-refractivity contribution in [2.75, 3.05) is 0 Å². The predicted octanol–water partition coefficient (Wildman–Crippen LogP) is -10.1. The second kappa shape index (κ2) is 50.3. The molecule has 0 amide bonds. The normalized spacial score (nSPS) is 0. The van der Waals surface area contributed by atoms with Crippen molar-refractivity contribution >= 4 is 112 Å². The van der Waals surface area contributed by atoms with E-state index < -0.39 is 0 Å². The number of hydrogen-bond acceptors (Lipinski definition) is 0. The fourth-order valence-electron chi connectivity index (χ4n) is 0. The maximum atomic E-state index is 0. The molecule has 0 aromatic carbocycles. The van der Waals surface area contributed by atoms with E-state index in [4.69, 9.17) is 0 Å². The summed E-state index contributed by atoms with van der Waals surface area (Å²) in [6.07, 6.45) is 0. The van der Waals surface area contributed by atoms with Gasteiger partial charge in [0.25, 0.3) is 0 Å². The molecule has 7 heavy (non-hydrogen) atoms. The van der Waals surface area contributed by atoms with E-state index in [1.165, 1.54) is 0 Å². The molecule has 0 aliphatic rings. The van der Waals surface area contributed by atoms with Crippen LogP contribution in [-0.4, -0.2) is 112 Å². The van der Waals surface area contributed by atoms with Gasteiger partial charge in [0.1, 0.15) is 0 Å². The molecule has 0 fully saturated rings. The molecular formula is H29CrGe5Te. The number of rotatable bonds is 0. The van der Waals surface area contributed by atoms with E-state index in [1.54, 1.807) is 0 Å². The van der Waals surface area contributed by atoms with Gasteiger partial charge in [0.2, 0.25) is 0 Å². The van der Waals surface area contributed by atoms with Gasteiger partial charge in [0.05, 0.1) is 0 Å². The van der Waals surface area contributed by atoms with E-state index in [9.17, 15) is 0 Å². The standard InChI is InChI=1S/Cr.5GeH5.H4Te/h;5*1H5;1H4/q+3;5*-1;+2. The zero-order chi connectivity index (χ0) is 0. The van der Waals surface area contributed by atoms with Crippen molar-refractivity contribution in [3.8, 4) is 0 Å². The molecule has 0 aromatic rings. The van der Waals surface area contributed by atoms with Crippen molar-refractivity contribution in [1.29, 1.82) is 0 Å². The average molecular weight is 572 g/mol. The van der Waals surface area contributed by atoms with Gasteiger partial charge in [-0.1, -0.05) is 0 Å². The first kappa shape index (κ1) is 68.2. The topological polar surface area (TPSA) is 0 Å². The fraction of sp³-hybridized carbons (Fsp3) is 0. The second-order valence-electron chi connectivity index (χ2n) is 0. The molecule has 1 radical (unpaired) electrons. The summed E-state index contributed by atoms with van der Waals surface area (Å²) in [7, 11) is 0. The van der Waals surface area contributed by atoms with Gasteiger partial charge in [-0.05, 0) is 0 Å². The van der Waals surface area contributed by atoms with Crippen LogP contribution in [0.2, 0.25) is 0 Å². The summed E-state index contributed by atoms with van der Waals surface area (Å²) in [6.45, 7) is 0. The summed E-state index contributed by atoms with van der Waals surface area (Å²) < 4.78 is 0. The molecule has 0 atom stereocenters. The van der Waals surface area contributed by atoms with Crippen LogP contribution in [0.25, 0.3) is 0 Å². The van der Waals surface area contributed by atoms with E-state index >= 15 is 0 Å². The fourth-order valence-corrected chi connectivity index (χ4v) is 0. The zero-order valence-corrected chi connectivity index (χ0v) is 6.43. The van der Waals surface area contributed by atoms with Gasteiger partial charge in [-0.15, -0.1) is 0 Å². The molecule has 0 aliphatic heterocycles. The van der Waals surface area contributed by atoms with Crippen LogP contribution in [0.3, 0.4) is 0 Å². The Morgan fingerprint density at radius 2 is 0.429 bits per heavy atom. The molecule has 0 nitrogen and oxygen atoms in total. The van der Waals surface area contributed by atoms with E-state index in [0.717, 1.165) is 0 Å². The van der Waals surface area contributed by atoms with Crippen molar-refractivity contribution in [2.24, 2.45) is 0 Å². The summed E-state index contributed by atoms with van der Waals surface area (Å²) in [5.41, 5.74) is 0. The molecule has 0 spiro atoms. The molecule has 0 saturated carbocycles. The van der Waals surface area contributed by atoms with E-state index in [2.05, 4.69) is 0 Å². The third kappa shape index (κ3) is 39.8. The first-order valence-electron chi connectivity index (χ1n) is 0. The van der Waals surface area contributed by atoms with Crippen molar-refractivity contribution in [1.82, 2.24) is 0 Å². The Morgan fingerprint density at radius 3 is 0.429 bits per heavy atom. The van der Waals surface area contributed by atoms with Gasteiger partial charge in [-0.2, -0.15) is 0 Å². The Morgan fingerprint density at radius 1 is 0.429 bits per heavy atom. The molecule has 61 valence electrons. The van der Waals surface area contributed by atoms with Crippen LogP contribution < -0.4 is 0 Å². The molecule has 0 heterocycles. The van der Waals surface area contributed by atoms with E-state index in [-0.39, 0.29) is 129 Å². The van der Waals surface area contributed by atoms with Gasteiger partial charge < -0.3 is 0 Å². The monoisotopic (exact) mass is 581 g/mol. The molecule has 0 aromatic heterocycles. The van der Waals surface area contributed by atoms with E-state index in [1.807, 2.05) is 0 Å². The third-order valence-electron chi connectivity index (χ3n) is 0. The van der Waals surface area contributed by atoms with Crippen LogP contribution in [0.4, 0.5) is 0 Å². The SMILES string of the molecule is [Cr+3].[GeH5-].[GeH5-].[GeH5-].[GeH5-].[GeH5-].[TeH4+2]. The minimum atomic E-state index is 0. The Labute approximate surface area is 127 Å². The molecule has 0 aliphatic carbocycles. The zero-order valence-electron chi connectivity index (χ0n) is 1.12. The van der Waals surface area contributed by atoms with Crippen molar-refractivity contribution < 1.29 is 17.4 Å². The van der Waals surface area contributed by atoms with Crippen LogP contribution in [0.5, 0.6) is 0 Å². The van der Waals surface area contributed by atoms with Crippen LogP contribution >= 0.6 is 0 Å². The van der Waals surface area contributed by atoms with Crippen LogP contribution in [0.1, 0.15) is 0 Å². The van der Waals surface area contributed by atoms with Crippen LogP contribution in [0, 0.1) is 0 Å². The molecular weight excluding hydrogens is 543 g/mol. The van der Waals surface area contributed by atoms with Gasteiger partial charge >= 0.3 is 129 Å². The predicted molar refractivity (Wildman–Crippen MR) is 75.0 cm³/mol. The summed E-state index contributed by atoms with van der Waals surface area (Å²) in [5.74, 6) is 0. The Kier molecular flexibility index (Phi) is 490. The summed E-state index contributed by atoms with van der Waals surface area (Å²) in [6, 6.07) is 0. The second-order valence-corrected chi connectivity index (χ2v) is 0. The molecule has 7 heteroatoms. The average Bonchev–Trinajstić information content (AvgIpc) is 0. The first-order chi connectivity index (χ1) is 0. The Bertz CT molecular complexity index is 8.04. The Hall–Kier alpha value is 4.04. The molecule has 0 saturated heterocycles. The van der Waals surface area contributed by atoms with E-state index in [0.29, 0.717) is 0 Å². The summed E-state index contributed by atoms with van der Waals surface area (Å²) in [5, 5.41) is 0. The van der Waals surface area contributed by atoms with Crippen molar-refractivity contribution in [3.63, 3.8) is 0 Å². The number of hydrogen-bond donors (Lipinski definition) is 0.